The smallest absolute Gasteiger partial charge is 0.0570 e. The number of hydrogen-bond acceptors (Lipinski definition) is 3. The summed E-state index contributed by atoms with van der Waals surface area (Å²) in [7, 11) is 0. The predicted octanol–water partition coefficient (Wildman–Crippen LogP) is 1.02. The van der Waals surface area contributed by atoms with Crippen molar-refractivity contribution in [3.63, 3.8) is 0 Å². The summed E-state index contributed by atoms with van der Waals surface area (Å²) in [5.41, 5.74) is 0. The van der Waals surface area contributed by atoms with Crippen LogP contribution in [0.1, 0.15) is 45.4 Å². The number of hydrogen-bond donors (Lipinski definition) is 3. The second kappa shape index (κ2) is 5.28. The van der Waals surface area contributed by atoms with Crippen molar-refractivity contribution in [1.29, 1.82) is 0 Å². The molecule has 1 aliphatic carbocycles. The van der Waals surface area contributed by atoms with E-state index in [0.29, 0.717) is 18.1 Å². The van der Waals surface area contributed by atoms with Crippen molar-refractivity contribution in [3.8, 4) is 0 Å². The zero-order valence-electron chi connectivity index (χ0n) is 9.71. The summed E-state index contributed by atoms with van der Waals surface area (Å²) in [6.45, 7) is 3.46. The van der Waals surface area contributed by atoms with E-state index in [-0.39, 0.29) is 6.10 Å². The van der Waals surface area contributed by atoms with Gasteiger partial charge in [0.15, 0.2) is 0 Å². The molecule has 3 heteroatoms. The zero-order chi connectivity index (χ0) is 10.7. The van der Waals surface area contributed by atoms with Crippen molar-refractivity contribution in [2.45, 2.75) is 69.7 Å². The van der Waals surface area contributed by atoms with E-state index in [1.807, 2.05) is 0 Å². The first-order valence-corrected chi connectivity index (χ1v) is 6.41. The molecule has 1 saturated heterocycles. The molecule has 0 aromatic carbocycles. The Kier molecular flexibility index (Phi) is 4.00. The molecule has 3 nitrogen and oxygen atoms in total. The third-order valence-corrected chi connectivity index (χ3v) is 3.68. The highest BCUT2D eigenvalue weighted by Gasteiger charge is 2.28. The van der Waals surface area contributed by atoms with Gasteiger partial charge in [-0.2, -0.15) is 0 Å². The zero-order valence-corrected chi connectivity index (χ0v) is 9.71. The van der Waals surface area contributed by atoms with Gasteiger partial charge in [0, 0.05) is 18.1 Å². The largest absolute Gasteiger partial charge is 0.393 e. The lowest BCUT2D eigenvalue weighted by molar-refractivity contribution is 0.0574. The van der Waals surface area contributed by atoms with Gasteiger partial charge >= 0.3 is 0 Å². The molecule has 0 spiro atoms. The Morgan fingerprint density at radius 1 is 1.40 bits per heavy atom. The molecular formula is C12H24N2O. The molecule has 2 atom stereocenters. The summed E-state index contributed by atoms with van der Waals surface area (Å²) in [6, 6.07) is 1.86. The van der Waals surface area contributed by atoms with E-state index >= 15 is 0 Å². The third-order valence-electron chi connectivity index (χ3n) is 3.68. The molecule has 3 N–H and O–H groups in total. The van der Waals surface area contributed by atoms with E-state index in [1.165, 1.54) is 32.2 Å². The van der Waals surface area contributed by atoms with Gasteiger partial charge in [-0.1, -0.05) is 6.42 Å². The van der Waals surface area contributed by atoms with Gasteiger partial charge in [-0.15, -0.1) is 0 Å². The van der Waals surface area contributed by atoms with Crippen LogP contribution in [-0.2, 0) is 0 Å². The Balaban J connectivity index is 1.61. The molecule has 0 amide bonds. The molecule has 0 aromatic rings. The van der Waals surface area contributed by atoms with Crippen LogP contribution in [0.15, 0.2) is 0 Å². The van der Waals surface area contributed by atoms with Gasteiger partial charge in [0.1, 0.15) is 0 Å². The lowest BCUT2D eigenvalue weighted by Crippen LogP contribution is -2.49. The van der Waals surface area contributed by atoms with E-state index in [9.17, 15) is 5.11 Å². The molecule has 2 fully saturated rings. The molecule has 0 aromatic heterocycles. The lowest BCUT2D eigenvalue weighted by atomic mass is 9.88. The quantitative estimate of drug-likeness (QED) is 0.652. The van der Waals surface area contributed by atoms with E-state index in [0.717, 1.165) is 12.8 Å². The minimum atomic E-state index is -0.0393. The molecule has 88 valence electrons. The van der Waals surface area contributed by atoms with Crippen molar-refractivity contribution in [1.82, 2.24) is 10.6 Å². The van der Waals surface area contributed by atoms with E-state index < -0.39 is 0 Å². The fourth-order valence-corrected chi connectivity index (χ4v) is 2.75. The van der Waals surface area contributed by atoms with Crippen LogP contribution < -0.4 is 10.6 Å². The molecule has 1 aliphatic heterocycles. The highest BCUT2D eigenvalue weighted by atomic mass is 16.3. The maximum atomic E-state index is 9.20. The fraction of sp³-hybridized carbons (Fsp3) is 1.00. The summed E-state index contributed by atoms with van der Waals surface area (Å²) < 4.78 is 0. The summed E-state index contributed by atoms with van der Waals surface area (Å²) in [5.74, 6) is 0. The molecule has 2 rings (SSSR count). The maximum Gasteiger partial charge on any atom is 0.0570 e. The Morgan fingerprint density at radius 3 is 2.80 bits per heavy atom. The van der Waals surface area contributed by atoms with Crippen LogP contribution in [0.4, 0.5) is 0 Å². The average molecular weight is 212 g/mol. The van der Waals surface area contributed by atoms with Crippen LogP contribution >= 0.6 is 0 Å². The number of piperidine rings is 1. The van der Waals surface area contributed by atoms with Gasteiger partial charge in [-0.05, 0) is 45.6 Å². The summed E-state index contributed by atoms with van der Waals surface area (Å²) in [4.78, 5) is 0. The molecule has 15 heavy (non-hydrogen) atoms. The van der Waals surface area contributed by atoms with Gasteiger partial charge in [0.25, 0.3) is 0 Å². The van der Waals surface area contributed by atoms with Crippen LogP contribution in [0.5, 0.6) is 0 Å². The monoisotopic (exact) mass is 212 g/mol. The Hall–Kier alpha value is -0.120. The Labute approximate surface area is 92.6 Å². The van der Waals surface area contributed by atoms with Crippen LogP contribution in [-0.4, -0.2) is 35.9 Å². The highest BCUT2D eigenvalue weighted by molar-refractivity contribution is 4.87. The number of aliphatic hydroxyl groups excluding tert-OH is 1. The second-order valence-electron chi connectivity index (χ2n) is 5.27. The molecule has 0 radical (unpaired) electrons. The van der Waals surface area contributed by atoms with Gasteiger partial charge < -0.3 is 15.7 Å². The summed E-state index contributed by atoms with van der Waals surface area (Å²) >= 11 is 0. The Bertz CT molecular complexity index is 186. The number of rotatable bonds is 4. The predicted molar refractivity (Wildman–Crippen MR) is 61.9 cm³/mol. The molecule has 1 heterocycles. The first kappa shape index (κ1) is 11.4. The molecular weight excluding hydrogens is 188 g/mol. The normalized spacial score (nSPS) is 38.4. The topological polar surface area (TPSA) is 44.3 Å². The SMILES string of the molecule is CC(CC1CCCCN1)NC1CC(O)C1. The third kappa shape index (κ3) is 3.44. The highest BCUT2D eigenvalue weighted by Crippen LogP contribution is 2.21. The van der Waals surface area contributed by atoms with Crippen molar-refractivity contribution in [2.75, 3.05) is 6.54 Å². The molecule has 0 bridgehead atoms. The van der Waals surface area contributed by atoms with Crippen molar-refractivity contribution in [3.05, 3.63) is 0 Å². The molecule has 2 aliphatic rings. The van der Waals surface area contributed by atoms with Crippen molar-refractivity contribution in [2.24, 2.45) is 0 Å². The van der Waals surface area contributed by atoms with Crippen molar-refractivity contribution < 1.29 is 5.11 Å². The first-order chi connectivity index (χ1) is 7.24. The van der Waals surface area contributed by atoms with Crippen LogP contribution in [0.25, 0.3) is 0 Å². The number of aliphatic hydroxyl groups is 1. The minimum absolute atomic E-state index is 0.0393. The van der Waals surface area contributed by atoms with E-state index in [1.54, 1.807) is 0 Å². The van der Waals surface area contributed by atoms with Crippen LogP contribution in [0, 0.1) is 0 Å². The second-order valence-corrected chi connectivity index (χ2v) is 5.27. The molecule has 1 saturated carbocycles. The van der Waals surface area contributed by atoms with Crippen LogP contribution in [0.3, 0.4) is 0 Å². The van der Waals surface area contributed by atoms with Gasteiger partial charge in [0.2, 0.25) is 0 Å². The van der Waals surface area contributed by atoms with E-state index in [2.05, 4.69) is 17.6 Å². The summed E-state index contributed by atoms with van der Waals surface area (Å²) in [5, 5.41) is 16.4. The van der Waals surface area contributed by atoms with Crippen LogP contribution in [0.2, 0.25) is 0 Å². The van der Waals surface area contributed by atoms with Gasteiger partial charge in [-0.25, -0.2) is 0 Å². The van der Waals surface area contributed by atoms with E-state index in [4.69, 9.17) is 0 Å². The summed E-state index contributed by atoms with van der Waals surface area (Å²) in [6.07, 6.45) is 7.14. The first-order valence-electron chi connectivity index (χ1n) is 6.41. The maximum absolute atomic E-state index is 9.20. The van der Waals surface area contributed by atoms with Gasteiger partial charge in [-0.3, -0.25) is 0 Å². The minimum Gasteiger partial charge on any atom is -0.393 e. The fourth-order valence-electron chi connectivity index (χ4n) is 2.75. The van der Waals surface area contributed by atoms with Gasteiger partial charge in [0.05, 0.1) is 6.10 Å². The standard InChI is InChI=1S/C12H24N2O/c1-9(14-11-7-12(15)8-11)6-10-4-2-3-5-13-10/h9-15H,2-8H2,1H3. The average Bonchev–Trinajstić information content (AvgIpc) is 2.17. The number of nitrogens with one attached hydrogen (secondary N) is 2. The molecule has 2 unspecified atom stereocenters. The lowest BCUT2D eigenvalue weighted by Gasteiger charge is -2.36. The van der Waals surface area contributed by atoms with Crippen molar-refractivity contribution >= 4 is 0 Å². The Morgan fingerprint density at radius 2 is 2.20 bits per heavy atom.